The lowest BCUT2D eigenvalue weighted by Crippen LogP contribution is -2.13. The molecule has 0 saturated carbocycles. The van der Waals surface area contributed by atoms with Crippen molar-refractivity contribution in [2.45, 2.75) is 19.3 Å². The Bertz CT molecular complexity index is 371. The number of Topliss-reactive ketones (excluding diaryl/α,β-unsaturated/α-hetero) is 1. The SMILES string of the molecule is COCOc1cccc2c1C(=O)CCC2. The number of ether oxygens (including phenoxy) is 2. The first-order valence-corrected chi connectivity index (χ1v) is 5.09. The Labute approximate surface area is 89.0 Å². The zero-order valence-corrected chi connectivity index (χ0v) is 8.79. The molecule has 1 aromatic rings. The fourth-order valence-electron chi connectivity index (χ4n) is 1.91. The summed E-state index contributed by atoms with van der Waals surface area (Å²) in [5, 5.41) is 0. The molecule has 0 heterocycles. The Morgan fingerprint density at radius 3 is 3.00 bits per heavy atom. The fourth-order valence-corrected chi connectivity index (χ4v) is 1.91. The molecule has 1 aromatic carbocycles. The second-order valence-electron chi connectivity index (χ2n) is 3.62. The van der Waals surface area contributed by atoms with E-state index >= 15 is 0 Å². The highest BCUT2D eigenvalue weighted by Crippen LogP contribution is 2.29. The molecule has 3 heteroatoms. The summed E-state index contributed by atoms with van der Waals surface area (Å²) in [5.41, 5.74) is 1.85. The van der Waals surface area contributed by atoms with E-state index in [-0.39, 0.29) is 12.6 Å². The van der Waals surface area contributed by atoms with Crippen molar-refractivity contribution in [3.05, 3.63) is 29.3 Å². The molecule has 80 valence electrons. The molecule has 15 heavy (non-hydrogen) atoms. The van der Waals surface area contributed by atoms with Gasteiger partial charge in [-0.2, -0.15) is 0 Å². The minimum atomic E-state index is 0.183. The van der Waals surface area contributed by atoms with Gasteiger partial charge in [-0.25, -0.2) is 0 Å². The van der Waals surface area contributed by atoms with Crippen LogP contribution >= 0.6 is 0 Å². The van der Waals surface area contributed by atoms with Gasteiger partial charge >= 0.3 is 0 Å². The van der Waals surface area contributed by atoms with Gasteiger partial charge in [0.15, 0.2) is 12.6 Å². The maximum absolute atomic E-state index is 11.7. The number of hydrogen-bond acceptors (Lipinski definition) is 3. The lowest BCUT2D eigenvalue weighted by molar-refractivity contribution is 0.0500. The summed E-state index contributed by atoms with van der Waals surface area (Å²) in [6, 6.07) is 5.73. The van der Waals surface area contributed by atoms with Crippen LogP contribution in [-0.4, -0.2) is 19.7 Å². The number of methoxy groups -OCH3 is 1. The average molecular weight is 206 g/mol. The Balaban J connectivity index is 2.34. The summed E-state index contributed by atoms with van der Waals surface area (Å²) in [4.78, 5) is 11.7. The van der Waals surface area contributed by atoms with Crippen LogP contribution in [-0.2, 0) is 11.2 Å². The van der Waals surface area contributed by atoms with E-state index in [1.165, 1.54) is 0 Å². The largest absolute Gasteiger partial charge is 0.467 e. The van der Waals surface area contributed by atoms with E-state index in [0.717, 1.165) is 24.0 Å². The molecule has 0 spiro atoms. The third-order valence-corrected chi connectivity index (χ3v) is 2.57. The molecule has 2 rings (SSSR count). The Morgan fingerprint density at radius 1 is 1.33 bits per heavy atom. The maximum atomic E-state index is 11.7. The van der Waals surface area contributed by atoms with Crippen LogP contribution in [0.1, 0.15) is 28.8 Å². The van der Waals surface area contributed by atoms with Gasteiger partial charge in [-0.1, -0.05) is 12.1 Å². The smallest absolute Gasteiger partial charge is 0.188 e. The molecule has 0 aliphatic heterocycles. The van der Waals surface area contributed by atoms with E-state index in [1.807, 2.05) is 18.2 Å². The van der Waals surface area contributed by atoms with Crippen LogP contribution in [0.3, 0.4) is 0 Å². The Morgan fingerprint density at radius 2 is 2.20 bits per heavy atom. The topological polar surface area (TPSA) is 35.5 Å². The number of rotatable bonds is 3. The molecule has 0 saturated heterocycles. The number of hydrogen-bond donors (Lipinski definition) is 0. The summed E-state index contributed by atoms with van der Waals surface area (Å²) in [6.45, 7) is 0.184. The Hall–Kier alpha value is -1.35. The Kier molecular flexibility index (Phi) is 3.02. The highest BCUT2D eigenvalue weighted by atomic mass is 16.7. The van der Waals surface area contributed by atoms with Crippen molar-refractivity contribution >= 4 is 5.78 Å². The molecule has 0 radical (unpaired) electrons. The van der Waals surface area contributed by atoms with Gasteiger partial charge in [-0.05, 0) is 24.5 Å². The van der Waals surface area contributed by atoms with Crippen LogP contribution < -0.4 is 4.74 Å². The standard InChI is InChI=1S/C12H14O3/c1-14-8-15-11-7-3-5-9-4-2-6-10(13)12(9)11/h3,5,7H,2,4,6,8H2,1H3. The molecular weight excluding hydrogens is 192 g/mol. The molecule has 0 unspecified atom stereocenters. The summed E-state index contributed by atoms with van der Waals surface area (Å²) in [7, 11) is 1.57. The predicted octanol–water partition coefficient (Wildman–Crippen LogP) is 2.19. The van der Waals surface area contributed by atoms with E-state index in [1.54, 1.807) is 7.11 Å². The predicted molar refractivity (Wildman–Crippen MR) is 56.2 cm³/mol. The van der Waals surface area contributed by atoms with Crippen molar-refractivity contribution < 1.29 is 14.3 Å². The van der Waals surface area contributed by atoms with E-state index in [4.69, 9.17) is 9.47 Å². The number of carbonyl (C=O) groups is 1. The molecule has 0 bridgehead atoms. The minimum absolute atomic E-state index is 0.183. The molecule has 0 fully saturated rings. The van der Waals surface area contributed by atoms with Gasteiger partial charge in [0.25, 0.3) is 0 Å². The number of benzene rings is 1. The fraction of sp³-hybridized carbons (Fsp3) is 0.417. The van der Waals surface area contributed by atoms with Crippen LogP contribution in [0.2, 0.25) is 0 Å². The molecule has 1 aliphatic carbocycles. The minimum Gasteiger partial charge on any atom is -0.467 e. The molecule has 0 atom stereocenters. The van der Waals surface area contributed by atoms with Crippen LogP contribution in [0.4, 0.5) is 0 Å². The first kappa shape index (κ1) is 10.2. The average Bonchev–Trinajstić information content (AvgIpc) is 2.26. The van der Waals surface area contributed by atoms with Crippen LogP contribution in [0, 0.1) is 0 Å². The second kappa shape index (κ2) is 4.45. The van der Waals surface area contributed by atoms with Crippen molar-refractivity contribution in [2.24, 2.45) is 0 Å². The van der Waals surface area contributed by atoms with E-state index in [9.17, 15) is 4.79 Å². The maximum Gasteiger partial charge on any atom is 0.188 e. The monoisotopic (exact) mass is 206 g/mol. The number of ketones is 1. The first-order valence-electron chi connectivity index (χ1n) is 5.09. The lowest BCUT2D eigenvalue weighted by atomic mass is 9.90. The van der Waals surface area contributed by atoms with Gasteiger partial charge in [0.1, 0.15) is 5.75 Å². The van der Waals surface area contributed by atoms with Crippen molar-refractivity contribution in [2.75, 3.05) is 13.9 Å². The summed E-state index contributed by atoms with van der Waals surface area (Å²) in [6.07, 6.45) is 2.53. The lowest BCUT2D eigenvalue weighted by Gasteiger charge is -2.17. The van der Waals surface area contributed by atoms with Crippen molar-refractivity contribution in [1.82, 2.24) is 0 Å². The van der Waals surface area contributed by atoms with Crippen LogP contribution in [0.5, 0.6) is 5.75 Å². The zero-order chi connectivity index (χ0) is 10.7. The summed E-state index contributed by atoms with van der Waals surface area (Å²) < 4.78 is 10.2. The molecule has 3 nitrogen and oxygen atoms in total. The van der Waals surface area contributed by atoms with Crippen molar-refractivity contribution in [3.63, 3.8) is 0 Å². The zero-order valence-electron chi connectivity index (χ0n) is 8.79. The first-order chi connectivity index (χ1) is 7.33. The van der Waals surface area contributed by atoms with E-state index in [0.29, 0.717) is 12.2 Å². The number of aryl methyl sites for hydroxylation is 1. The summed E-state index contributed by atoms with van der Waals surface area (Å²) >= 11 is 0. The molecular formula is C12H14O3. The van der Waals surface area contributed by atoms with Gasteiger partial charge in [0.05, 0.1) is 5.56 Å². The second-order valence-corrected chi connectivity index (χ2v) is 3.62. The molecule has 0 aromatic heterocycles. The molecule has 1 aliphatic rings. The highest BCUT2D eigenvalue weighted by Gasteiger charge is 2.21. The quantitative estimate of drug-likeness (QED) is 0.711. The molecule has 0 N–H and O–H groups in total. The van der Waals surface area contributed by atoms with Gasteiger partial charge in [-0.15, -0.1) is 0 Å². The number of carbonyl (C=O) groups excluding carboxylic acids is 1. The van der Waals surface area contributed by atoms with E-state index in [2.05, 4.69) is 0 Å². The van der Waals surface area contributed by atoms with Gasteiger partial charge in [-0.3, -0.25) is 4.79 Å². The van der Waals surface area contributed by atoms with Crippen molar-refractivity contribution in [3.8, 4) is 5.75 Å². The normalized spacial score (nSPS) is 14.9. The van der Waals surface area contributed by atoms with Gasteiger partial charge in [0.2, 0.25) is 0 Å². The van der Waals surface area contributed by atoms with Crippen molar-refractivity contribution in [1.29, 1.82) is 0 Å². The van der Waals surface area contributed by atoms with Gasteiger partial charge in [0, 0.05) is 13.5 Å². The van der Waals surface area contributed by atoms with Gasteiger partial charge < -0.3 is 9.47 Å². The third-order valence-electron chi connectivity index (χ3n) is 2.57. The number of fused-ring (bicyclic) bond motifs is 1. The highest BCUT2D eigenvalue weighted by molar-refractivity contribution is 6.01. The third kappa shape index (κ3) is 2.02. The van der Waals surface area contributed by atoms with E-state index < -0.39 is 0 Å². The van der Waals surface area contributed by atoms with Crippen LogP contribution in [0.15, 0.2) is 18.2 Å². The molecule has 0 amide bonds. The van der Waals surface area contributed by atoms with Crippen LogP contribution in [0.25, 0.3) is 0 Å². The summed E-state index contributed by atoms with van der Waals surface area (Å²) in [5.74, 6) is 0.835.